The Morgan fingerprint density at radius 2 is 1.93 bits per heavy atom. The van der Waals surface area contributed by atoms with Gasteiger partial charge >= 0.3 is 5.97 Å². The molecule has 0 bridgehead atoms. The monoisotopic (exact) mass is 204 g/mol. The number of esters is 1. The quantitative estimate of drug-likeness (QED) is 0.390. The Balaban J connectivity index is 3.65. The molecule has 0 N–H and O–H groups in total. The maximum Gasteiger partial charge on any atom is 0.308 e. The van der Waals surface area contributed by atoms with Crippen LogP contribution in [0, 0.1) is 0 Å². The zero-order chi connectivity index (χ0) is 11.2. The van der Waals surface area contributed by atoms with E-state index in [1.165, 1.54) is 0 Å². The largest absolute Gasteiger partial charge is 0.466 e. The molecule has 0 amide bonds. The van der Waals surface area contributed by atoms with Crippen molar-refractivity contribution < 1.29 is 19.3 Å². The fourth-order valence-corrected chi connectivity index (χ4v) is 0.715. The summed E-state index contributed by atoms with van der Waals surface area (Å²) in [5, 5.41) is 0. The van der Waals surface area contributed by atoms with Crippen LogP contribution in [-0.2, 0) is 19.3 Å². The van der Waals surface area contributed by atoms with Crippen LogP contribution < -0.4 is 0 Å². The number of rotatable bonds is 5. The van der Waals surface area contributed by atoms with Crippen LogP contribution in [0.4, 0.5) is 0 Å². The first-order chi connectivity index (χ1) is 6.35. The molecule has 0 saturated carbocycles. The minimum atomic E-state index is -0.358. The minimum absolute atomic E-state index is 0.212. The van der Waals surface area contributed by atoms with Crippen molar-refractivity contribution in [1.29, 1.82) is 0 Å². The van der Waals surface area contributed by atoms with E-state index < -0.39 is 0 Å². The third-order valence-corrected chi connectivity index (χ3v) is 1.22. The van der Waals surface area contributed by atoms with Gasteiger partial charge in [0.2, 0.25) is 0 Å². The van der Waals surface area contributed by atoms with Crippen molar-refractivity contribution in [2.24, 2.45) is 0 Å². The number of carbonyl (C=O) groups excluding carboxylic acids is 1. The maximum absolute atomic E-state index is 11.0. The second-order valence-corrected chi connectivity index (χ2v) is 4.11. The lowest BCUT2D eigenvalue weighted by molar-refractivity contribution is -0.369. The van der Waals surface area contributed by atoms with Crippen molar-refractivity contribution >= 4 is 5.97 Å². The zero-order valence-corrected chi connectivity index (χ0v) is 9.62. The van der Waals surface area contributed by atoms with Gasteiger partial charge in [-0.3, -0.25) is 4.79 Å². The van der Waals surface area contributed by atoms with Crippen LogP contribution in [0.2, 0.25) is 0 Å². The van der Waals surface area contributed by atoms with Crippen molar-refractivity contribution in [3.8, 4) is 0 Å². The molecule has 1 atom stereocenters. The summed E-state index contributed by atoms with van der Waals surface area (Å²) in [4.78, 5) is 21.1. The van der Waals surface area contributed by atoms with E-state index in [0.717, 1.165) is 0 Å². The van der Waals surface area contributed by atoms with E-state index in [-0.39, 0.29) is 24.1 Å². The molecule has 4 heteroatoms. The third-order valence-electron chi connectivity index (χ3n) is 1.22. The highest BCUT2D eigenvalue weighted by Crippen LogP contribution is 2.10. The van der Waals surface area contributed by atoms with Gasteiger partial charge in [0, 0.05) is 0 Å². The highest BCUT2D eigenvalue weighted by molar-refractivity contribution is 5.69. The normalized spacial score (nSPS) is 13.8. The number of ether oxygens (including phenoxy) is 1. The van der Waals surface area contributed by atoms with Crippen LogP contribution in [0.15, 0.2) is 0 Å². The molecule has 0 rings (SSSR count). The Morgan fingerprint density at radius 3 is 2.36 bits per heavy atom. The molecule has 0 spiro atoms. The van der Waals surface area contributed by atoms with Crippen LogP contribution >= 0.6 is 0 Å². The van der Waals surface area contributed by atoms with E-state index in [1.54, 1.807) is 13.8 Å². The lowest BCUT2D eigenvalue weighted by Gasteiger charge is -2.20. The lowest BCUT2D eigenvalue weighted by atomic mass is 10.2. The van der Waals surface area contributed by atoms with Gasteiger partial charge in [0.15, 0.2) is 0 Å². The van der Waals surface area contributed by atoms with Gasteiger partial charge in [0.25, 0.3) is 0 Å². The number of hydrogen-bond donors (Lipinski definition) is 0. The van der Waals surface area contributed by atoms with Gasteiger partial charge < -0.3 is 4.74 Å². The van der Waals surface area contributed by atoms with Gasteiger partial charge in [-0.05, 0) is 34.6 Å². The summed E-state index contributed by atoms with van der Waals surface area (Å²) in [5.41, 5.74) is -0.358. The van der Waals surface area contributed by atoms with E-state index in [9.17, 15) is 4.79 Å². The van der Waals surface area contributed by atoms with Gasteiger partial charge in [0.1, 0.15) is 6.10 Å². The first-order valence-corrected chi connectivity index (χ1v) is 4.85. The molecule has 0 aliphatic heterocycles. The fourth-order valence-electron chi connectivity index (χ4n) is 0.715. The predicted molar refractivity (Wildman–Crippen MR) is 52.6 cm³/mol. The number of hydrogen-bond acceptors (Lipinski definition) is 4. The Kier molecular flexibility index (Phi) is 5.72. The van der Waals surface area contributed by atoms with Crippen LogP contribution in [0.1, 0.15) is 41.0 Å². The van der Waals surface area contributed by atoms with E-state index >= 15 is 0 Å². The standard InChI is InChI=1S/C10H20O4/c1-6-12-9(11)7-8(2)13-14-10(3,4)5/h8H,6-7H2,1-5H3. The van der Waals surface area contributed by atoms with E-state index in [2.05, 4.69) is 0 Å². The SMILES string of the molecule is CCOC(=O)CC(C)OOC(C)(C)C. The molecule has 0 aromatic heterocycles. The molecule has 0 aliphatic rings. The van der Waals surface area contributed by atoms with Crippen molar-refractivity contribution in [2.45, 2.75) is 52.7 Å². The first-order valence-electron chi connectivity index (χ1n) is 4.85. The van der Waals surface area contributed by atoms with Gasteiger partial charge in [-0.2, -0.15) is 0 Å². The number of carbonyl (C=O) groups is 1. The molecule has 0 saturated heterocycles. The highest BCUT2D eigenvalue weighted by atomic mass is 17.2. The molecule has 0 heterocycles. The molecule has 0 fully saturated rings. The van der Waals surface area contributed by atoms with E-state index in [4.69, 9.17) is 14.5 Å². The van der Waals surface area contributed by atoms with Crippen molar-refractivity contribution in [1.82, 2.24) is 0 Å². The summed E-state index contributed by atoms with van der Waals surface area (Å²) in [6.45, 7) is 9.57. The van der Waals surface area contributed by atoms with Crippen molar-refractivity contribution in [2.75, 3.05) is 6.61 Å². The molecule has 0 radical (unpaired) electrons. The van der Waals surface area contributed by atoms with Gasteiger partial charge in [-0.25, -0.2) is 9.78 Å². The molecular weight excluding hydrogens is 184 g/mol. The third kappa shape index (κ3) is 8.01. The second-order valence-electron chi connectivity index (χ2n) is 4.11. The second kappa shape index (κ2) is 5.98. The molecule has 14 heavy (non-hydrogen) atoms. The Bertz CT molecular complexity index is 171. The smallest absolute Gasteiger partial charge is 0.308 e. The Labute approximate surface area is 85.5 Å². The van der Waals surface area contributed by atoms with Crippen LogP contribution in [0.5, 0.6) is 0 Å². The van der Waals surface area contributed by atoms with Gasteiger partial charge in [0.05, 0.1) is 18.6 Å². The molecule has 0 aromatic rings. The average molecular weight is 204 g/mol. The molecule has 0 aromatic carbocycles. The summed E-state index contributed by atoms with van der Waals surface area (Å²) >= 11 is 0. The first kappa shape index (κ1) is 13.4. The van der Waals surface area contributed by atoms with Crippen LogP contribution in [0.3, 0.4) is 0 Å². The predicted octanol–water partition coefficient (Wildman–Crippen LogP) is 2.07. The average Bonchev–Trinajstić information content (AvgIpc) is 2.00. The van der Waals surface area contributed by atoms with Crippen molar-refractivity contribution in [3.05, 3.63) is 0 Å². The van der Waals surface area contributed by atoms with Gasteiger partial charge in [-0.1, -0.05) is 0 Å². The summed E-state index contributed by atoms with van der Waals surface area (Å²) < 4.78 is 4.77. The summed E-state index contributed by atoms with van der Waals surface area (Å²) in [5.74, 6) is -0.266. The molecule has 4 nitrogen and oxygen atoms in total. The van der Waals surface area contributed by atoms with Crippen LogP contribution in [-0.4, -0.2) is 24.3 Å². The Hall–Kier alpha value is -0.610. The topological polar surface area (TPSA) is 44.8 Å². The zero-order valence-electron chi connectivity index (χ0n) is 9.62. The molecule has 84 valence electrons. The minimum Gasteiger partial charge on any atom is -0.466 e. The van der Waals surface area contributed by atoms with Crippen LogP contribution in [0.25, 0.3) is 0 Å². The summed E-state index contributed by atoms with van der Waals surface area (Å²) in [6.07, 6.45) is -0.0718. The maximum atomic E-state index is 11.0. The highest BCUT2D eigenvalue weighted by Gasteiger charge is 2.16. The van der Waals surface area contributed by atoms with E-state index in [1.807, 2.05) is 20.8 Å². The van der Waals surface area contributed by atoms with Gasteiger partial charge in [-0.15, -0.1) is 0 Å². The lowest BCUT2D eigenvalue weighted by Crippen LogP contribution is -2.24. The molecule has 1 unspecified atom stereocenters. The molecular formula is C10H20O4. The summed E-state index contributed by atoms with van der Waals surface area (Å²) in [6, 6.07) is 0. The fraction of sp³-hybridized carbons (Fsp3) is 0.900. The Morgan fingerprint density at radius 1 is 1.36 bits per heavy atom. The van der Waals surface area contributed by atoms with Crippen molar-refractivity contribution in [3.63, 3.8) is 0 Å². The van der Waals surface area contributed by atoms with E-state index in [0.29, 0.717) is 6.61 Å². The molecule has 0 aliphatic carbocycles. The summed E-state index contributed by atoms with van der Waals surface area (Å²) in [7, 11) is 0.